The second-order valence-electron chi connectivity index (χ2n) is 7.44. The lowest BCUT2D eigenvalue weighted by molar-refractivity contribution is -0.0850. The molecule has 5 rings (SSSR count). The smallest absolute Gasteiger partial charge is 0.281 e. The van der Waals surface area contributed by atoms with Crippen LogP contribution in [0.3, 0.4) is 0 Å². The molecule has 0 unspecified atom stereocenters. The second-order valence-corrected chi connectivity index (χ2v) is 7.44. The predicted molar refractivity (Wildman–Crippen MR) is 114 cm³/mol. The highest BCUT2D eigenvalue weighted by Crippen LogP contribution is 2.36. The number of aromatic nitrogens is 2. The monoisotopic (exact) mass is 432 g/mol. The number of anilines is 1. The molecule has 160 valence electrons. The molecular weight excluding hydrogens is 414 g/mol. The highest BCUT2D eigenvalue weighted by atomic mass is 19.1. The van der Waals surface area contributed by atoms with Gasteiger partial charge in [-0.05, 0) is 24.3 Å². The SMILES string of the molecule is O=C1c2ccccc2N[C@@H](c2cn(Cc3c(F)cccc3F)nc2-c2ccccc2)N1O. The van der Waals surface area contributed by atoms with Crippen LogP contribution in [0.5, 0.6) is 0 Å². The minimum absolute atomic E-state index is 0.125. The molecule has 2 N–H and O–H groups in total. The van der Waals surface area contributed by atoms with Gasteiger partial charge in [0.2, 0.25) is 0 Å². The van der Waals surface area contributed by atoms with Gasteiger partial charge in [-0.2, -0.15) is 10.2 Å². The van der Waals surface area contributed by atoms with Gasteiger partial charge >= 0.3 is 0 Å². The van der Waals surface area contributed by atoms with E-state index in [9.17, 15) is 18.8 Å². The molecule has 0 fully saturated rings. The maximum Gasteiger partial charge on any atom is 0.281 e. The quantitative estimate of drug-likeness (QED) is 0.453. The molecule has 6 nitrogen and oxygen atoms in total. The normalized spacial score (nSPS) is 15.4. The summed E-state index contributed by atoms with van der Waals surface area (Å²) in [5.74, 6) is -1.91. The van der Waals surface area contributed by atoms with Crippen molar-refractivity contribution in [3.05, 3.63) is 107 Å². The first-order valence-corrected chi connectivity index (χ1v) is 9.96. The van der Waals surface area contributed by atoms with Crippen molar-refractivity contribution in [3.8, 4) is 11.3 Å². The number of carbonyl (C=O) groups excluding carboxylic acids is 1. The third kappa shape index (κ3) is 3.40. The molecule has 1 amide bonds. The standard InChI is InChI=1S/C24H18F2N4O2/c25-19-10-6-11-20(26)17(19)13-29-14-18(22(28-29)15-7-2-1-3-8-15)23-27-21-12-5-4-9-16(21)24(31)30(23)32/h1-12,14,23,27,32H,13H2/t23-/m1/s1. The molecule has 1 aliphatic heterocycles. The third-order valence-electron chi connectivity index (χ3n) is 5.42. The Balaban J connectivity index is 1.61. The van der Waals surface area contributed by atoms with Gasteiger partial charge in [0.05, 0.1) is 17.8 Å². The molecule has 1 aliphatic rings. The van der Waals surface area contributed by atoms with Crippen LogP contribution in [-0.4, -0.2) is 26.0 Å². The van der Waals surface area contributed by atoms with Crippen LogP contribution in [0.15, 0.2) is 79.0 Å². The number of carbonyl (C=O) groups is 1. The van der Waals surface area contributed by atoms with Crippen molar-refractivity contribution in [1.82, 2.24) is 14.8 Å². The largest absolute Gasteiger partial charge is 0.359 e. The zero-order chi connectivity index (χ0) is 22.2. The summed E-state index contributed by atoms with van der Waals surface area (Å²) in [6.07, 6.45) is 0.642. The molecule has 2 heterocycles. The first-order valence-electron chi connectivity index (χ1n) is 9.96. The molecule has 0 bridgehead atoms. The fraction of sp³-hybridized carbons (Fsp3) is 0.0833. The number of halogens is 2. The number of hydrogen-bond acceptors (Lipinski definition) is 4. The Hall–Kier alpha value is -4.04. The van der Waals surface area contributed by atoms with Crippen molar-refractivity contribution >= 4 is 11.6 Å². The minimum atomic E-state index is -0.938. The van der Waals surface area contributed by atoms with Crippen molar-refractivity contribution < 1.29 is 18.8 Å². The molecule has 1 aromatic heterocycles. The summed E-state index contributed by atoms with van der Waals surface area (Å²) in [4.78, 5) is 12.7. The van der Waals surface area contributed by atoms with Crippen molar-refractivity contribution in [2.24, 2.45) is 0 Å². The molecule has 0 saturated heterocycles. The summed E-state index contributed by atoms with van der Waals surface area (Å²) < 4.78 is 29.8. The van der Waals surface area contributed by atoms with E-state index in [2.05, 4.69) is 10.4 Å². The van der Waals surface area contributed by atoms with Crippen LogP contribution in [0, 0.1) is 11.6 Å². The molecular formula is C24H18F2N4O2. The summed E-state index contributed by atoms with van der Waals surface area (Å²) in [7, 11) is 0. The Labute approximate surface area is 182 Å². The van der Waals surface area contributed by atoms with Crippen LogP contribution in [-0.2, 0) is 6.54 Å². The van der Waals surface area contributed by atoms with Crippen LogP contribution in [0.1, 0.15) is 27.7 Å². The number of hydrogen-bond donors (Lipinski definition) is 2. The molecule has 32 heavy (non-hydrogen) atoms. The van der Waals surface area contributed by atoms with E-state index < -0.39 is 23.7 Å². The number of benzene rings is 3. The molecule has 8 heteroatoms. The number of nitrogens with zero attached hydrogens (tertiary/aromatic N) is 3. The van der Waals surface area contributed by atoms with Gasteiger partial charge in [-0.25, -0.2) is 8.78 Å². The van der Waals surface area contributed by atoms with Crippen LogP contribution < -0.4 is 5.32 Å². The Bertz CT molecular complexity index is 1290. The summed E-state index contributed by atoms with van der Waals surface area (Å²) in [5, 5.41) is 19.0. The third-order valence-corrected chi connectivity index (χ3v) is 5.42. The molecule has 0 aliphatic carbocycles. The Morgan fingerprint density at radius 3 is 2.38 bits per heavy atom. The molecule has 0 saturated carbocycles. The van der Waals surface area contributed by atoms with Crippen LogP contribution in [0.25, 0.3) is 11.3 Å². The minimum Gasteiger partial charge on any atom is -0.359 e. The van der Waals surface area contributed by atoms with E-state index in [-0.39, 0.29) is 12.1 Å². The topological polar surface area (TPSA) is 70.4 Å². The van der Waals surface area contributed by atoms with Crippen molar-refractivity contribution in [3.63, 3.8) is 0 Å². The Morgan fingerprint density at radius 1 is 0.938 bits per heavy atom. The summed E-state index contributed by atoms with van der Waals surface area (Å²) in [5.41, 5.74) is 2.48. The van der Waals surface area contributed by atoms with E-state index in [1.165, 1.54) is 22.9 Å². The number of rotatable bonds is 4. The Morgan fingerprint density at radius 2 is 1.62 bits per heavy atom. The van der Waals surface area contributed by atoms with E-state index in [1.807, 2.05) is 30.3 Å². The van der Waals surface area contributed by atoms with E-state index >= 15 is 0 Å². The van der Waals surface area contributed by atoms with Gasteiger partial charge in [-0.1, -0.05) is 48.5 Å². The highest BCUT2D eigenvalue weighted by Gasteiger charge is 2.35. The summed E-state index contributed by atoms with van der Waals surface area (Å²) in [6.45, 7) is -0.152. The van der Waals surface area contributed by atoms with E-state index in [0.29, 0.717) is 27.6 Å². The van der Waals surface area contributed by atoms with Gasteiger partial charge in [0.15, 0.2) is 6.17 Å². The number of hydroxylamine groups is 2. The zero-order valence-electron chi connectivity index (χ0n) is 16.7. The molecule has 0 radical (unpaired) electrons. The fourth-order valence-electron chi connectivity index (χ4n) is 3.84. The summed E-state index contributed by atoms with van der Waals surface area (Å²) >= 11 is 0. The van der Waals surface area contributed by atoms with Gasteiger partial charge < -0.3 is 5.32 Å². The van der Waals surface area contributed by atoms with Gasteiger partial charge in [0.1, 0.15) is 11.6 Å². The number of amides is 1. The number of fused-ring (bicyclic) bond motifs is 1. The van der Waals surface area contributed by atoms with Crippen molar-refractivity contribution in [2.75, 3.05) is 5.32 Å². The first-order chi connectivity index (χ1) is 15.5. The average molecular weight is 432 g/mol. The van der Waals surface area contributed by atoms with Gasteiger partial charge in [-0.15, -0.1) is 0 Å². The maximum atomic E-state index is 14.2. The molecule has 0 spiro atoms. The lowest BCUT2D eigenvalue weighted by Crippen LogP contribution is -2.40. The number of para-hydroxylation sites is 1. The fourth-order valence-corrected chi connectivity index (χ4v) is 3.84. The lowest BCUT2D eigenvalue weighted by atomic mass is 10.0. The van der Waals surface area contributed by atoms with Crippen LogP contribution in [0.2, 0.25) is 0 Å². The van der Waals surface area contributed by atoms with Crippen molar-refractivity contribution in [1.29, 1.82) is 0 Å². The average Bonchev–Trinajstić information content (AvgIpc) is 3.23. The van der Waals surface area contributed by atoms with Crippen molar-refractivity contribution in [2.45, 2.75) is 12.7 Å². The molecule has 3 aromatic carbocycles. The van der Waals surface area contributed by atoms with Crippen LogP contribution >= 0.6 is 0 Å². The molecule has 4 aromatic rings. The second kappa shape index (κ2) is 7.90. The van der Waals surface area contributed by atoms with E-state index in [4.69, 9.17) is 0 Å². The predicted octanol–water partition coefficient (Wildman–Crippen LogP) is 4.83. The number of nitrogens with one attached hydrogen (secondary N) is 1. The van der Waals surface area contributed by atoms with Gasteiger partial charge in [0, 0.05) is 28.6 Å². The van der Waals surface area contributed by atoms with Gasteiger partial charge in [0.25, 0.3) is 5.91 Å². The first kappa shape index (κ1) is 19.9. The molecule has 1 atom stereocenters. The lowest BCUT2D eigenvalue weighted by Gasteiger charge is -2.33. The zero-order valence-corrected chi connectivity index (χ0v) is 16.7. The van der Waals surface area contributed by atoms with E-state index in [0.717, 1.165) is 5.56 Å². The van der Waals surface area contributed by atoms with Gasteiger partial charge in [-0.3, -0.25) is 14.7 Å². The van der Waals surface area contributed by atoms with E-state index in [1.54, 1.807) is 30.5 Å². The maximum absolute atomic E-state index is 14.2. The summed E-state index contributed by atoms with van der Waals surface area (Å²) in [6, 6.07) is 19.7. The highest BCUT2D eigenvalue weighted by molar-refractivity contribution is 6.01. The Kier molecular flexibility index (Phi) is 4.91. The van der Waals surface area contributed by atoms with Crippen LogP contribution in [0.4, 0.5) is 14.5 Å².